The van der Waals surface area contributed by atoms with Gasteiger partial charge in [-0.3, -0.25) is 4.79 Å². The van der Waals surface area contributed by atoms with Crippen LogP contribution in [0, 0.1) is 5.92 Å². The van der Waals surface area contributed by atoms with Crippen molar-refractivity contribution < 1.29 is 17.6 Å². The van der Waals surface area contributed by atoms with Crippen molar-refractivity contribution in [3.8, 4) is 0 Å². The molecular weight excluding hydrogens is 390 g/mol. The van der Waals surface area contributed by atoms with Gasteiger partial charge in [-0.15, -0.1) is 4.40 Å². The van der Waals surface area contributed by atoms with Crippen molar-refractivity contribution in [1.82, 2.24) is 10.2 Å². The van der Waals surface area contributed by atoms with Crippen molar-refractivity contribution in [2.75, 3.05) is 13.1 Å². The molecule has 2 aliphatic heterocycles. The Hall–Kier alpha value is -2.61. The average Bonchev–Trinajstić information content (AvgIpc) is 3.33. The van der Waals surface area contributed by atoms with Crippen LogP contribution in [-0.2, 0) is 21.2 Å². The summed E-state index contributed by atoms with van der Waals surface area (Å²) in [5.74, 6) is 1.20. The molecule has 1 saturated heterocycles. The number of hydrogen-bond acceptors (Lipinski definition) is 5. The molecule has 1 N–H and O–H groups in total. The second-order valence-corrected chi connectivity index (χ2v) is 9.27. The van der Waals surface area contributed by atoms with Crippen LogP contribution in [0.25, 0.3) is 0 Å². The number of furan rings is 1. The lowest BCUT2D eigenvalue weighted by Gasteiger charge is -2.33. The van der Waals surface area contributed by atoms with E-state index >= 15 is 0 Å². The maximum Gasteiger partial charge on any atom is 0.285 e. The van der Waals surface area contributed by atoms with Gasteiger partial charge in [-0.2, -0.15) is 8.42 Å². The molecule has 29 heavy (non-hydrogen) atoms. The Balaban J connectivity index is 1.39. The number of rotatable bonds is 5. The summed E-state index contributed by atoms with van der Waals surface area (Å²) in [6.45, 7) is 3.16. The molecule has 2 unspecified atom stereocenters. The SMILES string of the molecule is CC(CCc1ccco1)NC(=O)C1CCCN(C2=NS(=O)(=O)c3ccccc32)C1. The van der Waals surface area contributed by atoms with Gasteiger partial charge in [0.1, 0.15) is 10.7 Å². The first-order valence-electron chi connectivity index (χ1n) is 9.96. The van der Waals surface area contributed by atoms with E-state index in [-0.39, 0.29) is 22.8 Å². The number of fused-ring (bicyclic) bond motifs is 1. The molecule has 8 heteroatoms. The largest absolute Gasteiger partial charge is 0.469 e. The number of piperidine rings is 1. The minimum atomic E-state index is -3.65. The van der Waals surface area contributed by atoms with Gasteiger partial charge >= 0.3 is 0 Å². The van der Waals surface area contributed by atoms with Crippen LogP contribution in [0.15, 0.2) is 56.4 Å². The fourth-order valence-corrected chi connectivity index (χ4v) is 5.17. The summed E-state index contributed by atoms with van der Waals surface area (Å²) in [7, 11) is -3.65. The van der Waals surface area contributed by atoms with E-state index in [4.69, 9.17) is 4.42 Å². The number of aryl methyl sites for hydroxylation is 1. The van der Waals surface area contributed by atoms with E-state index in [1.54, 1.807) is 24.5 Å². The van der Waals surface area contributed by atoms with Gasteiger partial charge in [0.2, 0.25) is 5.91 Å². The van der Waals surface area contributed by atoms with E-state index in [0.29, 0.717) is 24.5 Å². The number of amides is 1. The normalized spacial score (nSPS) is 21.3. The van der Waals surface area contributed by atoms with Gasteiger partial charge in [0, 0.05) is 31.1 Å². The van der Waals surface area contributed by atoms with Crippen molar-refractivity contribution in [3.05, 3.63) is 54.0 Å². The van der Waals surface area contributed by atoms with Crippen LogP contribution in [0.2, 0.25) is 0 Å². The molecule has 1 aromatic carbocycles. The zero-order valence-corrected chi connectivity index (χ0v) is 17.2. The quantitative estimate of drug-likeness (QED) is 0.810. The Kier molecular flexibility index (Phi) is 5.45. The second-order valence-electron chi connectivity index (χ2n) is 7.70. The van der Waals surface area contributed by atoms with Gasteiger partial charge in [-0.25, -0.2) is 0 Å². The maximum absolute atomic E-state index is 12.8. The third-order valence-electron chi connectivity index (χ3n) is 5.50. The highest BCUT2D eigenvalue weighted by atomic mass is 32.2. The summed E-state index contributed by atoms with van der Waals surface area (Å²) in [5, 5.41) is 3.09. The second kappa shape index (κ2) is 8.02. The monoisotopic (exact) mass is 415 g/mol. The number of nitrogens with one attached hydrogen (secondary N) is 1. The summed E-state index contributed by atoms with van der Waals surface area (Å²) < 4.78 is 34.0. The van der Waals surface area contributed by atoms with E-state index in [1.165, 1.54) is 0 Å². The van der Waals surface area contributed by atoms with Crippen molar-refractivity contribution in [3.63, 3.8) is 0 Å². The number of amidine groups is 1. The molecule has 7 nitrogen and oxygen atoms in total. The Morgan fingerprint density at radius 2 is 2.14 bits per heavy atom. The molecule has 1 amide bonds. The minimum Gasteiger partial charge on any atom is -0.469 e. The van der Waals surface area contributed by atoms with Gasteiger partial charge in [0.15, 0.2) is 5.84 Å². The maximum atomic E-state index is 12.8. The highest BCUT2D eigenvalue weighted by molar-refractivity contribution is 7.90. The van der Waals surface area contributed by atoms with Crippen molar-refractivity contribution in [2.24, 2.45) is 10.3 Å². The van der Waals surface area contributed by atoms with E-state index in [9.17, 15) is 13.2 Å². The number of likely N-dealkylation sites (tertiary alicyclic amines) is 1. The molecule has 0 spiro atoms. The Morgan fingerprint density at radius 1 is 1.31 bits per heavy atom. The Morgan fingerprint density at radius 3 is 2.93 bits per heavy atom. The minimum absolute atomic E-state index is 0.0105. The third kappa shape index (κ3) is 4.22. The van der Waals surface area contributed by atoms with E-state index in [2.05, 4.69) is 9.71 Å². The van der Waals surface area contributed by atoms with Crippen LogP contribution < -0.4 is 5.32 Å². The predicted molar refractivity (Wildman–Crippen MR) is 109 cm³/mol. The molecule has 0 saturated carbocycles. The fourth-order valence-electron chi connectivity index (χ4n) is 3.95. The number of carbonyl (C=O) groups is 1. The van der Waals surface area contributed by atoms with Crippen molar-refractivity contribution in [2.45, 2.75) is 43.5 Å². The third-order valence-corrected chi connectivity index (χ3v) is 6.82. The van der Waals surface area contributed by atoms with Crippen LogP contribution in [0.5, 0.6) is 0 Å². The average molecular weight is 416 g/mol. The molecule has 0 bridgehead atoms. The lowest BCUT2D eigenvalue weighted by atomic mass is 9.95. The van der Waals surface area contributed by atoms with Crippen LogP contribution in [0.4, 0.5) is 0 Å². The lowest BCUT2D eigenvalue weighted by Crippen LogP contribution is -2.47. The molecule has 0 radical (unpaired) electrons. The molecule has 3 heterocycles. The number of hydrogen-bond donors (Lipinski definition) is 1. The number of nitrogens with zero attached hydrogens (tertiary/aromatic N) is 2. The first-order chi connectivity index (χ1) is 13.9. The van der Waals surface area contributed by atoms with E-state index in [0.717, 1.165) is 31.4 Å². The van der Waals surface area contributed by atoms with Gasteiger partial charge in [0.25, 0.3) is 10.0 Å². The Bertz CT molecular complexity index is 1010. The first kappa shape index (κ1) is 19.7. The van der Waals surface area contributed by atoms with Crippen LogP contribution >= 0.6 is 0 Å². The number of carbonyl (C=O) groups excluding carboxylic acids is 1. The standard InChI is InChI=1S/C21H25N3O4S/c1-15(10-11-17-7-5-13-28-17)22-21(25)16-6-4-12-24(14-16)20-18-8-2-3-9-19(18)29(26,27)23-20/h2-3,5,7-9,13,15-16H,4,6,10-12,14H2,1H3,(H,22,25). The topological polar surface area (TPSA) is 92.0 Å². The highest BCUT2D eigenvalue weighted by Crippen LogP contribution is 2.29. The summed E-state index contributed by atoms with van der Waals surface area (Å²) in [6.07, 6.45) is 4.83. The molecule has 2 aliphatic rings. The van der Waals surface area contributed by atoms with Crippen LogP contribution in [-0.4, -0.2) is 44.2 Å². The predicted octanol–water partition coefficient (Wildman–Crippen LogP) is 2.58. The summed E-state index contributed by atoms with van der Waals surface area (Å²) in [5.41, 5.74) is 0.625. The molecule has 1 aromatic heterocycles. The molecule has 154 valence electrons. The van der Waals surface area contributed by atoms with Crippen molar-refractivity contribution in [1.29, 1.82) is 0 Å². The highest BCUT2D eigenvalue weighted by Gasteiger charge is 2.35. The molecule has 1 fully saturated rings. The molecule has 0 aliphatic carbocycles. The zero-order valence-electron chi connectivity index (χ0n) is 16.4. The zero-order chi connectivity index (χ0) is 20.4. The van der Waals surface area contributed by atoms with Gasteiger partial charge < -0.3 is 14.6 Å². The first-order valence-corrected chi connectivity index (χ1v) is 11.4. The van der Waals surface area contributed by atoms with E-state index < -0.39 is 10.0 Å². The molecule has 2 atom stereocenters. The van der Waals surface area contributed by atoms with E-state index in [1.807, 2.05) is 30.0 Å². The van der Waals surface area contributed by atoms with Gasteiger partial charge in [-0.05, 0) is 50.5 Å². The van der Waals surface area contributed by atoms with Crippen molar-refractivity contribution >= 4 is 21.8 Å². The number of benzene rings is 1. The van der Waals surface area contributed by atoms with Crippen LogP contribution in [0.3, 0.4) is 0 Å². The summed E-state index contributed by atoms with van der Waals surface area (Å²) >= 11 is 0. The molecule has 4 rings (SSSR count). The van der Waals surface area contributed by atoms with Gasteiger partial charge in [-0.1, -0.05) is 12.1 Å². The van der Waals surface area contributed by atoms with Gasteiger partial charge in [0.05, 0.1) is 12.2 Å². The summed E-state index contributed by atoms with van der Waals surface area (Å²) in [6, 6.07) is 10.7. The Labute approximate surface area is 170 Å². The smallest absolute Gasteiger partial charge is 0.285 e. The van der Waals surface area contributed by atoms with Crippen LogP contribution in [0.1, 0.15) is 37.5 Å². The molecule has 2 aromatic rings. The number of sulfonamides is 1. The lowest BCUT2D eigenvalue weighted by molar-refractivity contribution is -0.126. The fraction of sp³-hybridized carbons (Fsp3) is 0.429. The summed E-state index contributed by atoms with van der Waals surface area (Å²) in [4.78, 5) is 15.0. The molecular formula is C21H25N3O4S.